The van der Waals surface area contributed by atoms with Gasteiger partial charge < -0.3 is 10.5 Å². The summed E-state index contributed by atoms with van der Waals surface area (Å²) >= 11 is 6.23. The topological polar surface area (TPSA) is 98.5 Å². The van der Waals surface area contributed by atoms with Crippen LogP contribution in [0.5, 0.6) is 0 Å². The van der Waals surface area contributed by atoms with Gasteiger partial charge in [0, 0.05) is 14.6 Å². The van der Waals surface area contributed by atoms with Crippen LogP contribution in [0.25, 0.3) is 0 Å². The summed E-state index contributed by atoms with van der Waals surface area (Å²) in [5.41, 5.74) is 5.97. The fourth-order valence-corrected chi connectivity index (χ4v) is 4.72. The van der Waals surface area contributed by atoms with Crippen molar-refractivity contribution in [3.05, 3.63) is 21.1 Å². The summed E-state index contributed by atoms with van der Waals surface area (Å²) in [6.45, 7) is -0.442. The first-order valence-electron chi connectivity index (χ1n) is 4.59. The average molecular weight is 402 g/mol. The predicted molar refractivity (Wildman–Crippen MR) is 73.5 cm³/mol. The van der Waals surface area contributed by atoms with Crippen molar-refractivity contribution in [2.24, 2.45) is 0 Å². The molecule has 9 heteroatoms. The zero-order valence-corrected chi connectivity index (χ0v) is 13.2. The van der Waals surface area contributed by atoms with Crippen molar-refractivity contribution in [2.75, 3.05) is 19.4 Å². The lowest BCUT2D eigenvalue weighted by atomic mass is 10.3. The number of carbonyl (C=O) groups excluding carboxylic acids is 1. The summed E-state index contributed by atoms with van der Waals surface area (Å²) in [6, 6.07) is 2.91. The molecule has 18 heavy (non-hydrogen) atoms. The third-order valence-electron chi connectivity index (χ3n) is 1.92. The van der Waals surface area contributed by atoms with Crippen molar-refractivity contribution < 1.29 is 17.9 Å². The van der Waals surface area contributed by atoms with E-state index in [0.29, 0.717) is 14.6 Å². The van der Waals surface area contributed by atoms with E-state index in [1.54, 1.807) is 0 Å². The highest BCUT2D eigenvalue weighted by molar-refractivity contribution is 9.11. The molecule has 0 spiro atoms. The monoisotopic (exact) mass is 400 g/mol. The highest BCUT2D eigenvalue weighted by Crippen LogP contribution is 2.32. The Morgan fingerprint density at radius 1 is 1.39 bits per heavy atom. The number of sulfonamides is 1. The summed E-state index contributed by atoms with van der Waals surface area (Å²) in [6.07, 6.45) is 0. The van der Waals surface area contributed by atoms with Gasteiger partial charge in [0.1, 0.15) is 11.4 Å². The Morgan fingerprint density at radius 3 is 2.33 bits per heavy atom. The van der Waals surface area contributed by atoms with Crippen LogP contribution in [0, 0.1) is 0 Å². The summed E-state index contributed by atoms with van der Waals surface area (Å²) in [7, 11) is -2.67. The molecule has 3 N–H and O–H groups in total. The minimum atomic E-state index is -3.84. The lowest BCUT2D eigenvalue weighted by Crippen LogP contribution is -2.30. The number of ether oxygens (including phenoxy) is 1. The van der Waals surface area contributed by atoms with Crippen molar-refractivity contribution in [3.8, 4) is 0 Å². The molecule has 0 aliphatic rings. The molecule has 0 bridgehead atoms. The summed E-state index contributed by atoms with van der Waals surface area (Å²) in [5.74, 6) is -0.679. The number of halogens is 2. The molecule has 0 aliphatic heterocycles. The molecule has 0 radical (unpaired) electrons. The van der Waals surface area contributed by atoms with E-state index in [0.717, 1.165) is 0 Å². The maximum atomic E-state index is 12.0. The van der Waals surface area contributed by atoms with Crippen LogP contribution in [0.15, 0.2) is 26.0 Å². The number of nitrogens with two attached hydrogens (primary N) is 1. The minimum Gasteiger partial charge on any atom is -0.468 e. The second-order valence-corrected chi connectivity index (χ2v) is 6.63. The number of hydrogen-bond acceptors (Lipinski definition) is 5. The van der Waals surface area contributed by atoms with Crippen molar-refractivity contribution in [1.29, 1.82) is 0 Å². The molecule has 6 nitrogen and oxygen atoms in total. The van der Waals surface area contributed by atoms with Gasteiger partial charge in [0.05, 0.1) is 7.11 Å². The van der Waals surface area contributed by atoms with E-state index < -0.39 is 22.5 Å². The standard InChI is InChI=1S/C9H10Br2N2O4S/c1-17-8(14)4-13-18(15,16)9-6(10)2-5(12)3-7(9)11/h2-3,13H,4,12H2,1H3. The molecular weight excluding hydrogens is 392 g/mol. The molecule has 0 saturated heterocycles. The van der Waals surface area contributed by atoms with Gasteiger partial charge in [0.25, 0.3) is 0 Å². The van der Waals surface area contributed by atoms with Crippen LogP contribution in [-0.4, -0.2) is 28.0 Å². The van der Waals surface area contributed by atoms with Gasteiger partial charge >= 0.3 is 5.97 Å². The molecule has 100 valence electrons. The number of anilines is 1. The number of nitrogen functional groups attached to an aromatic ring is 1. The maximum Gasteiger partial charge on any atom is 0.320 e. The van der Waals surface area contributed by atoms with Gasteiger partial charge in [-0.3, -0.25) is 4.79 Å². The number of esters is 1. The van der Waals surface area contributed by atoms with Gasteiger partial charge in [-0.15, -0.1) is 0 Å². The largest absolute Gasteiger partial charge is 0.468 e. The number of benzene rings is 1. The van der Waals surface area contributed by atoms with E-state index in [-0.39, 0.29) is 4.90 Å². The van der Waals surface area contributed by atoms with Crippen molar-refractivity contribution in [1.82, 2.24) is 4.72 Å². The minimum absolute atomic E-state index is 0.0272. The van der Waals surface area contributed by atoms with Crippen molar-refractivity contribution >= 4 is 53.5 Å². The molecule has 1 aromatic rings. The third kappa shape index (κ3) is 3.67. The van der Waals surface area contributed by atoms with Crippen molar-refractivity contribution in [3.63, 3.8) is 0 Å². The molecule has 0 saturated carbocycles. The van der Waals surface area contributed by atoms with E-state index in [1.165, 1.54) is 19.2 Å². The molecule has 0 aromatic heterocycles. The third-order valence-corrected chi connectivity index (χ3v) is 5.20. The number of carbonyl (C=O) groups is 1. The SMILES string of the molecule is COC(=O)CNS(=O)(=O)c1c(Br)cc(N)cc1Br. The van der Waals surface area contributed by atoms with Crippen LogP contribution in [-0.2, 0) is 19.6 Å². The summed E-state index contributed by atoms with van der Waals surface area (Å²) in [4.78, 5) is 10.9. The summed E-state index contributed by atoms with van der Waals surface area (Å²) < 4.78 is 31.0. The Balaban J connectivity index is 3.10. The molecule has 0 amide bonds. The van der Waals surface area contributed by atoms with Crippen molar-refractivity contribution in [2.45, 2.75) is 4.90 Å². The Morgan fingerprint density at radius 2 is 1.89 bits per heavy atom. The van der Waals surface area contributed by atoms with Crippen LogP contribution in [0.3, 0.4) is 0 Å². The molecule has 1 aromatic carbocycles. The molecule has 0 atom stereocenters. The molecule has 0 aliphatic carbocycles. The average Bonchev–Trinajstić information content (AvgIpc) is 2.24. The van der Waals surface area contributed by atoms with E-state index >= 15 is 0 Å². The van der Waals surface area contributed by atoms with Gasteiger partial charge in [-0.25, -0.2) is 8.42 Å². The van der Waals surface area contributed by atoms with Gasteiger partial charge in [0.2, 0.25) is 10.0 Å². The Labute approximate surface area is 121 Å². The highest BCUT2D eigenvalue weighted by atomic mass is 79.9. The van der Waals surface area contributed by atoms with E-state index in [2.05, 4.69) is 41.3 Å². The number of hydrogen-bond donors (Lipinski definition) is 2. The zero-order valence-electron chi connectivity index (χ0n) is 9.24. The van der Waals surface area contributed by atoms with Crippen LogP contribution >= 0.6 is 31.9 Å². The quantitative estimate of drug-likeness (QED) is 0.584. The molecule has 0 heterocycles. The van der Waals surface area contributed by atoms with Gasteiger partial charge in [0.15, 0.2) is 0 Å². The zero-order chi connectivity index (χ0) is 13.9. The normalized spacial score (nSPS) is 11.3. The fourth-order valence-electron chi connectivity index (χ4n) is 1.13. The second-order valence-electron chi connectivity index (χ2n) is 3.21. The van der Waals surface area contributed by atoms with Gasteiger partial charge in [-0.1, -0.05) is 0 Å². The highest BCUT2D eigenvalue weighted by Gasteiger charge is 2.22. The first-order chi connectivity index (χ1) is 8.27. The van der Waals surface area contributed by atoms with Gasteiger partial charge in [-0.05, 0) is 44.0 Å². The van der Waals surface area contributed by atoms with E-state index in [4.69, 9.17) is 5.73 Å². The lowest BCUT2D eigenvalue weighted by Gasteiger charge is -2.10. The molecular formula is C9H10Br2N2O4S. The predicted octanol–water partition coefficient (Wildman–Crippen LogP) is 1.25. The first kappa shape index (κ1) is 15.4. The van der Waals surface area contributed by atoms with E-state index in [1.807, 2.05) is 0 Å². The Kier molecular flexibility index (Phi) is 5.14. The fraction of sp³-hybridized carbons (Fsp3) is 0.222. The second kappa shape index (κ2) is 6.00. The molecule has 0 unspecified atom stereocenters. The Hall–Kier alpha value is -0.640. The van der Waals surface area contributed by atoms with Crippen LogP contribution in [0.1, 0.15) is 0 Å². The number of nitrogens with one attached hydrogen (secondary N) is 1. The van der Waals surface area contributed by atoms with Crippen LogP contribution in [0.4, 0.5) is 5.69 Å². The summed E-state index contributed by atoms with van der Waals surface area (Å²) in [5, 5.41) is 0. The number of rotatable bonds is 4. The number of methoxy groups -OCH3 is 1. The molecule has 0 fully saturated rings. The lowest BCUT2D eigenvalue weighted by molar-refractivity contribution is -0.139. The van der Waals surface area contributed by atoms with Crippen LogP contribution in [0.2, 0.25) is 0 Å². The van der Waals surface area contributed by atoms with Crippen LogP contribution < -0.4 is 10.5 Å². The first-order valence-corrected chi connectivity index (χ1v) is 7.66. The van der Waals surface area contributed by atoms with Gasteiger partial charge in [-0.2, -0.15) is 4.72 Å². The molecule has 1 rings (SSSR count). The smallest absolute Gasteiger partial charge is 0.320 e. The van der Waals surface area contributed by atoms with E-state index in [9.17, 15) is 13.2 Å². The maximum absolute atomic E-state index is 12.0. The Bertz CT molecular complexity index is 551.